The Hall–Kier alpha value is -3.71. The number of hydrogen-bond acceptors (Lipinski definition) is 5. The molecule has 0 spiro atoms. The van der Waals surface area contributed by atoms with Crippen LogP contribution < -0.4 is 19.5 Å². The van der Waals surface area contributed by atoms with Crippen molar-refractivity contribution in [3.05, 3.63) is 82.9 Å². The standard InChI is InChI=1S/C26H27ClN2O5/c1-17(18-8-7-9-20(27)14-18)29(2)26(31)19-12-13-23(24(15-19)33-4)34-16-25(30)28-21-10-5-6-11-22(21)32-3/h5-15,17H,16H2,1-4H3,(H,28,30). The van der Waals surface area contributed by atoms with Gasteiger partial charge >= 0.3 is 0 Å². The van der Waals surface area contributed by atoms with Gasteiger partial charge in [-0.25, -0.2) is 0 Å². The van der Waals surface area contributed by atoms with Gasteiger partial charge in [0.1, 0.15) is 5.75 Å². The first-order valence-corrected chi connectivity index (χ1v) is 11.0. The monoisotopic (exact) mass is 482 g/mol. The lowest BCUT2D eigenvalue weighted by molar-refractivity contribution is -0.118. The molecule has 3 rings (SSSR count). The summed E-state index contributed by atoms with van der Waals surface area (Å²) in [5, 5.41) is 3.36. The maximum absolute atomic E-state index is 13.1. The molecule has 1 atom stereocenters. The van der Waals surface area contributed by atoms with Crippen LogP contribution in [-0.4, -0.2) is 44.6 Å². The zero-order valence-electron chi connectivity index (χ0n) is 19.5. The minimum atomic E-state index is -0.359. The van der Waals surface area contributed by atoms with E-state index in [1.165, 1.54) is 14.2 Å². The highest BCUT2D eigenvalue weighted by molar-refractivity contribution is 6.30. The molecule has 0 aliphatic rings. The van der Waals surface area contributed by atoms with Gasteiger partial charge in [0, 0.05) is 17.6 Å². The summed E-state index contributed by atoms with van der Waals surface area (Å²) in [5.41, 5.74) is 1.90. The summed E-state index contributed by atoms with van der Waals surface area (Å²) in [6.07, 6.45) is 0. The van der Waals surface area contributed by atoms with Gasteiger partial charge in [-0.05, 0) is 55.0 Å². The molecule has 0 saturated carbocycles. The Morgan fingerprint density at radius 2 is 1.68 bits per heavy atom. The molecule has 34 heavy (non-hydrogen) atoms. The molecule has 0 fully saturated rings. The molecule has 178 valence electrons. The third kappa shape index (κ3) is 5.99. The second kappa shape index (κ2) is 11.4. The van der Waals surface area contributed by atoms with Crippen LogP contribution in [0.15, 0.2) is 66.7 Å². The summed E-state index contributed by atoms with van der Waals surface area (Å²) < 4.78 is 16.3. The molecule has 0 heterocycles. The first kappa shape index (κ1) is 24.9. The van der Waals surface area contributed by atoms with Crippen LogP contribution in [0.25, 0.3) is 0 Å². The molecule has 0 aromatic heterocycles. The second-order valence-corrected chi connectivity index (χ2v) is 7.99. The minimum absolute atomic E-state index is 0.188. The van der Waals surface area contributed by atoms with Crippen LogP contribution in [-0.2, 0) is 4.79 Å². The van der Waals surface area contributed by atoms with E-state index in [9.17, 15) is 9.59 Å². The highest BCUT2D eigenvalue weighted by atomic mass is 35.5. The van der Waals surface area contributed by atoms with Gasteiger partial charge in [-0.15, -0.1) is 0 Å². The van der Waals surface area contributed by atoms with Gasteiger partial charge in [-0.2, -0.15) is 0 Å². The lowest BCUT2D eigenvalue weighted by Gasteiger charge is -2.26. The summed E-state index contributed by atoms with van der Waals surface area (Å²) >= 11 is 6.09. The molecule has 8 heteroatoms. The van der Waals surface area contributed by atoms with E-state index < -0.39 is 0 Å². The molecule has 0 bridgehead atoms. The molecule has 0 radical (unpaired) electrons. The predicted octanol–water partition coefficient (Wildman–Crippen LogP) is 5.21. The largest absolute Gasteiger partial charge is 0.495 e. The summed E-state index contributed by atoms with van der Waals surface area (Å²) in [5.74, 6) is 0.694. The number of hydrogen-bond donors (Lipinski definition) is 1. The Bertz CT molecular complexity index is 1170. The quantitative estimate of drug-likeness (QED) is 0.453. The zero-order valence-corrected chi connectivity index (χ0v) is 20.3. The molecular weight excluding hydrogens is 456 g/mol. The SMILES string of the molecule is COc1ccccc1NC(=O)COc1ccc(C(=O)N(C)C(C)c2cccc(Cl)c2)cc1OC. The maximum atomic E-state index is 13.1. The fourth-order valence-electron chi connectivity index (χ4n) is 3.37. The maximum Gasteiger partial charge on any atom is 0.262 e. The van der Waals surface area contributed by atoms with Gasteiger partial charge in [0.2, 0.25) is 0 Å². The second-order valence-electron chi connectivity index (χ2n) is 7.55. The third-order valence-electron chi connectivity index (χ3n) is 5.38. The number of carbonyl (C=O) groups excluding carboxylic acids is 2. The van der Waals surface area contributed by atoms with E-state index in [0.29, 0.717) is 33.5 Å². The number of benzene rings is 3. The Kier molecular flexibility index (Phi) is 8.38. The van der Waals surface area contributed by atoms with E-state index in [2.05, 4.69) is 5.32 Å². The smallest absolute Gasteiger partial charge is 0.262 e. The number of nitrogens with zero attached hydrogens (tertiary/aromatic N) is 1. The lowest BCUT2D eigenvalue weighted by atomic mass is 10.1. The first-order valence-electron chi connectivity index (χ1n) is 10.6. The molecule has 1 unspecified atom stereocenters. The van der Waals surface area contributed by atoms with Gasteiger partial charge in [-0.1, -0.05) is 35.9 Å². The molecule has 3 aromatic rings. The van der Waals surface area contributed by atoms with Crippen LogP contribution >= 0.6 is 11.6 Å². The fraction of sp³-hybridized carbons (Fsp3) is 0.231. The van der Waals surface area contributed by atoms with Crippen LogP contribution in [0, 0.1) is 0 Å². The number of amides is 2. The van der Waals surface area contributed by atoms with Gasteiger partial charge in [-0.3, -0.25) is 9.59 Å². The summed E-state index contributed by atoms with van der Waals surface area (Å²) in [7, 11) is 4.74. The molecule has 2 amide bonds. The molecule has 7 nitrogen and oxygen atoms in total. The topological polar surface area (TPSA) is 77.1 Å². The number of ether oxygens (including phenoxy) is 3. The number of carbonyl (C=O) groups is 2. The summed E-state index contributed by atoms with van der Waals surface area (Å²) in [6.45, 7) is 1.69. The van der Waals surface area contributed by atoms with Crippen molar-refractivity contribution in [3.8, 4) is 17.2 Å². The van der Waals surface area contributed by atoms with Gasteiger partial charge in [0.15, 0.2) is 18.1 Å². The molecule has 0 aliphatic heterocycles. The number of anilines is 1. The predicted molar refractivity (Wildman–Crippen MR) is 132 cm³/mol. The van der Waals surface area contributed by atoms with Crippen LogP contribution in [0.5, 0.6) is 17.2 Å². The van der Waals surface area contributed by atoms with Crippen molar-refractivity contribution < 1.29 is 23.8 Å². The first-order chi connectivity index (χ1) is 16.3. The average Bonchev–Trinajstić information content (AvgIpc) is 2.86. The van der Waals surface area contributed by atoms with E-state index in [-0.39, 0.29) is 24.5 Å². The Balaban J connectivity index is 1.67. The van der Waals surface area contributed by atoms with Crippen LogP contribution in [0.3, 0.4) is 0 Å². The third-order valence-corrected chi connectivity index (χ3v) is 5.62. The molecule has 3 aromatic carbocycles. The van der Waals surface area contributed by atoms with E-state index >= 15 is 0 Å². The zero-order chi connectivity index (χ0) is 24.7. The average molecular weight is 483 g/mol. The Labute approximate surface area is 204 Å². The number of nitrogens with one attached hydrogen (secondary N) is 1. The van der Waals surface area contributed by atoms with Crippen molar-refractivity contribution in [3.63, 3.8) is 0 Å². The minimum Gasteiger partial charge on any atom is -0.495 e. The van der Waals surface area contributed by atoms with Crippen LogP contribution in [0.4, 0.5) is 5.69 Å². The lowest BCUT2D eigenvalue weighted by Crippen LogP contribution is -2.29. The summed E-state index contributed by atoms with van der Waals surface area (Å²) in [4.78, 5) is 27.0. The van der Waals surface area contributed by atoms with Crippen LogP contribution in [0.2, 0.25) is 5.02 Å². The number of methoxy groups -OCH3 is 2. The Morgan fingerprint density at radius 1 is 0.941 bits per heavy atom. The fourth-order valence-corrected chi connectivity index (χ4v) is 3.57. The van der Waals surface area contributed by atoms with Crippen molar-refractivity contribution in [1.29, 1.82) is 0 Å². The highest BCUT2D eigenvalue weighted by Gasteiger charge is 2.21. The Morgan fingerprint density at radius 3 is 2.38 bits per heavy atom. The number of para-hydroxylation sites is 2. The van der Waals surface area contributed by atoms with Gasteiger partial charge in [0.25, 0.3) is 11.8 Å². The van der Waals surface area contributed by atoms with Crippen molar-refractivity contribution in [2.24, 2.45) is 0 Å². The van der Waals surface area contributed by atoms with E-state index in [1.54, 1.807) is 54.4 Å². The van der Waals surface area contributed by atoms with Crippen molar-refractivity contribution in [2.75, 3.05) is 33.2 Å². The molecular formula is C26H27ClN2O5. The summed E-state index contributed by atoms with van der Waals surface area (Å²) in [6, 6.07) is 19.2. The van der Waals surface area contributed by atoms with E-state index in [1.807, 2.05) is 31.2 Å². The normalized spacial score (nSPS) is 11.3. The molecule has 0 saturated heterocycles. The van der Waals surface area contributed by atoms with Crippen molar-refractivity contribution >= 4 is 29.1 Å². The van der Waals surface area contributed by atoms with E-state index in [0.717, 1.165) is 5.56 Å². The number of halogens is 1. The molecule has 1 N–H and O–H groups in total. The van der Waals surface area contributed by atoms with Gasteiger partial charge < -0.3 is 24.4 Å². The molecule has 0 aliphatic carbocycles. The number of rotatable bonds is 9. The van der Waals surface area contributed by atoms with Crippen LogP contribution in [0.1, 0.15) is 28.9 Å². The van der Waals surface area contributed by atoms with Gasteiger partial charge in [0.05, 0.1) is 25.9 Å². The van der Waals surface area contributed by atoms with Crippen molar-refractivity contribution in [2.45, 2.75) is 13.0 Å². The van der Waals surface area contributed by atoms with E-state index in [4.69, 9.17) is 25.8 Å². The van der Waals surface area contributed by atoms with Crippen molar-refractivity contribution in [1.82, 2.24) is 4.90 Å². The highest BCUT2D eigenvalue weighted by Crippen LogP contribution is 2.30.